The van der Waals surface area contributed by atoms with E-state index in [2.05, 4.69) is 27.7 Å². The quantitative estimate of drug-likeness (QED) is 0.0344. The summed E-state index contributed by atoms with van der Waals surface area (Å²) < 4.78 is 16.9. The van der Waals surface area contributed by atoms with Crippen molar-refractivity contribution >= 4 is 17.9 Å². The fraction of sp³-hybridized carbons (Fsp3) is 0.948. The Morgan fingerprint density at radius 3 is 0.812 bits per heavy atom. The average Bonchev–Trinajstić information content (AvgIpc) is 3.29. The second-order valence-corrected chi connectivity index (χ2v) is 20.2. The fourth-order valence-corrected chi connectivity index (χ4v) is 8.89. The molecule has 0 aromatic rings. The number of esters is 3. The molecule has 0 aromatic heterocycles. The normalized spacial score (nSPS) is 12.4. The van der Waals surface area contributed by atoms with Gasteiger partial charge in [0.1, 0.15) is 13.2 Å². The van der Waals surface area contributed by atoms with Gasteiger partial charge in [0, 0.05) is 19.3 Å². The highest BCUT2D eigenvalue weighted by Crippen LogP contribution is 2.18. The van der Waals surface area contributed by atoms with E-state index in [1.165, 1.54) is 225 Å². The molecule has 0 N–H and O–H groups in total. The van der Waals surface area contributed by atoms with Gasteiger partial charge in [-0.2, -0.15) is 0 Å². The van der Waals surface area contributed by atoms with Gasteiger partial charge >= 0.3 is 17.9 Å². The van der Waals surface area contributed by atoms with Crippen LogP contribution in [-0.4, -0.2) is 37.2 Å². The van der Waals surface area contributed by atoms with E-state index in [0.717, 1.165) is 63.7 Å². The molecule has 6 nitrogen and oxygen atoms in total. The van der Waals surface area contributed by atoms with Gasteiger partial charge in [0.25, 0.3) is 0 Å². The van der Waals surface area contributed by atoms with Crippen LogP contribution in [0, 0.1) is 5.92 Å². The highest BCUT2D eigenvalue weighted by molar-refractivity contribution is 5.71. The standard InChI is InChI=1S/C58H112O6/c1-5-8-10-12-14-16-18-20-21-22-27-31-35-39-43-47-51-58(61)64-55(52-62-56(59)49-45-41-37-33-29-19-17-15-13-11-9-6-2)53-63-57(60)50-46-42-38-34-30-26-24-23-25-28-32-36-40-44-48-54(4)7-3/h54-55H,5-53H2,1-4H3/t54?,55-/m0/s1. The van der Waals surface area contributed by atoms with Crippen molar-refractivity contribution in [1.82, 2.24) is 0 Å². The molecule has 6 heteroatoms. The largest absolute Gasteiger partial charge is 0.462 e. The topological polar surface area (TPSA) is 78.9 Å². The lowest BCUT2D eigenvalue weighted by molar-refractivity contribution is -0.167. The predicted molar refractivity (Wildman–Crippen MR) is 275 cm³/mol. The van der Waals surface area contributed by atoms with Gasteiger partial charge in [-0.3, -0.25) is 14.4 Å². The Balaban J connectivity index is 4.28. The lowest BCUT2D eigenvalue weighted by Gasteiger charge is -2.18. The molecule has 0 radical (unpaired) electrons. The van der Waals surface area contributed by atoms with Crippen molar-refractivity contribution in [2.24, 2.45) is 5.92 Å². The third kappa shape index (κ3) is 49.8. The summed E-state index contributed by atoms with van der Waals surface area (Å²) in [7, 11) is 0. The summed E-state index contributed by atoms with van der Waals surface area (Å²) in [5.74, 6) is 0.0603. The molecule has 1 unspecified atom stereocenters. The Hall–Kier alpha value is -1.59. The van der Waals surface area contributed by atoms with Crippen LogP contribution in [0.15, 0.2) is 0 Å². The van der Waals surface area contributed by atoms with Crippen LogP contribution in [0.5, 0.6) is 0 Å². The molecular formula is C58H112O6. The van der Waals surface area contributed by atoms with Crippen LogP contribution in [0.3, 0.4) is 0 Å². The van der Waals surface area contributed by atoms with E-state index < -0.39 is 6.10 Å². The maximum absolute atomic E-state index is 12.8. The zero-order chi connectivity index (χ0) is 46.7. The molecule has 0 saturated heterocycles. The Bertz CT molecular complexity index is 966. The van der Waals surface area contributed by atoms with Crippen LogP contribution in [0.4, 0.5) is 0 Å². The molecule has 0 fully saturated rings. The minimum absolute atomic E-state index is 0.0619. The Labute approximate surface area is 399 Å². The molecule has 380 valence electrons. The van der Waals surface area contributed by atoms with E-state index in [-0.39, 0.29) is 31.1 Å². The molecule has 0 spiro atoms. The first-order valence-electron chi connectivity index (χ1n) is 28.9. The van der Waals surface area contributed by atoms with Crippen LogP contribution in [-0.2, 0) is 28.6 Å². The fourth-order valence-electron chi connectivity index (χ4n) is 8.89. The van der Waals surface area contributed by atoms with E-state index in [1.807, 2.05) is 0 Å². The number of carbonyl (C=O) groups is 3. The number of rotatable bonds is 53. The van der Waals surface area contributed by atoms with Crippen LogP contribution >= 0.6 is 0 Å². The highest BCUT2D eigenvalue weighted by atomic mass is 16.6. The number of carbonyl (C=O) groups excluding carboxylic acids is 3. The van der Waals surface area contributed by atoms with Crippen molar-refractivity contribution in [2.75, 3.05) is 13.2 Å². The Morgan fingerprint density at radius 2 is 0.547 bits per heavy atom. The second kappa shape index (κ2) is 52.4. The third-order valence-corrected chi connectivity index (χ3v) is 13.7. The number of hydrogen-bond donors (Lipinski definition) is 0. The first kappa shape index (κ1) is 62.4. The molecule has 0 amide bonds. The van der Waals surface area contributed by atoms with Crippen molar-refractivity contribution in [3.8, 4) is 0 Å². The molecule has 0 aliphatic rings. The lowest BCUT2D eigenvalue weighted by Crippen LogP contribution is -2.30. The van der Waals surface area contributed by atoms with Crippen LogP contribution in [0.1, 0.15) is 329 Å². The third-order valence-electron chi connectivity index (χ3n) is 13.7. The van der Waals surface area contributed by atoms with E-state index >= 15 is 0 Å². The summed E-state index contributed by atoms with van der Waals surface area (Å²) in [5, 5.41) is 0. The average molecular weight is 906 g/mol. The van der Waals surface area contributed by atoms with Gasteiger partial charge in [-0.05, 0) is 25.2 Å². The molecule has 0 rings (SSSR count). The maximum Gasteiger partial charge on any atom is 0.306 e. The van der Waals surface area contributed by atoms with Gasteiger partial charge in [-0.25, -0.2) is 0 Å². The zero-order valence-electron chi connectivity index (χ0n) is 43.8. The monoisotopic (exact) mass is 905 g/mol. The summed E-state index contributed by atoms with van der Waals surface area (Å²) in [6, 6.07) is 0. The second-order valence-electron chi connectivity index (χ2n) is 20.2. The molecule has 0 aromatic carbocycles. The van der Waals surface area contributed by atoms with Gasteiger partial charge < -0.3 is 14.2 Å². The smallest absolute Gasteiger partial charge is 0.306 e. The van der Waals surface area contributed by atoms with Crippen LogP contribution in [0.2, 0.25) is 0 Å². The van der Waals surface area contributed by atoms with Crippen molar-refractivity contribution in [2.45, 2.75) is 336 Å². The van der Waals surface area contributed by atoms with Gasteiger partial charge in [-0.1, -0.05) is 291 Å². The number of unbranched alkanes of at least 4 members (excludes halogenated alkanes) is 39. The summed E-state index contributed by atoms with van der Waals surface area (Å²) in [6.45, 7) is 9.09. The lowest BCUT2D eigenvalue weighted by atomic mass is 9.99. The first-order chi connectivity index (χ1) is 31.4. The SMILES string of the molecule is CCCCCCCCCCCCCCCCCCC(=O)O[C@@H](COC(=O)CCCCCCCCCCCCCC)COC(=O)CCCCCCCCCCCCCCCCC(C)CC. The van der Waals surface area contributed by atoms with Gasteiger partial charge in [0.2, 0.25) is 0 Å². The van der Waals surface area contributed by atoms with Crippen LogP contribution < -0.4 is 0 Å². The molecular weight excluding hydrogens is 793 g/mol. The minimum atomic E-state index is -0.761. The molecule has 0 bridgehead atoms. The summed E-state index contributed by atoms with van der Waals surface area (Å²) in [6.07, 6.45) is 56.5. The van der Waals surface area contributed by atoms with E-state index in [9.17, 15) is 14.4 Å². The molecule has 0 saturated carbocycles. The van der Waals surface area contributed by atoms with Crippen LogP contribution in [0.25, 0.3) is 0 Å². The Morgan fingerprint density at radius 1 is 0.312 bits per heavy atom. The Kier molecular flexibility index (Phi) is 51.1. The number of ether oxygens (including phenoxy) is 3. The molecule has 0 heterocycles. The molecule has 0 aliphatic carbocycles. The molecule has 64 heavy (non-hydrogen) atoms. The van der Waals surface area contributed by atoms with Gasteiger partial charge in [-0.15, -0.1) is 0 Å². The van der Waals surface area contributed by atoms with Crippen molar-refractivity contribution in [3.05, 3.63) is 0 Å². The van der Waals surface area contributed by atoms with E-state index in [1.54, 1.807) is 0 Å². The highest BCUT2D eigenvalue weighted by Gasteiger charge is 2.19. The number of hydrogen-bond acceptors (Lipinski definition) is 6. The summed E-state index contributed by atoms with van der Waals surface area (Å²) >= 11 is 0. The molecule has 0 aliphatic heterocycles. The predicted octanol–water partition coefficient (Wildman–Crippen LogP) is 19.0. The van der Waals surface area contributed by atoms with Crippen molar-refractivity contribution in [3.63, 3.8) is 0 Å². The van der Waals surface area contributed by atoms with E-state index in [0.29, 0.717) is 19.3 Å². The zero-order valence-corrected chi connectivity index (χ0v) is 43.8. The van der Waals surface area contributed by atoms with E-state index in [4.69, 9.17) is 14.2 Å². The van der Waals surface area contributed by atoms with Crippen molar-refractivity contribution in [1.29, 1.82) is 0 Å². The molecule has 2 atom stereocenters. The first-order valence-corrected chi connectivity index (χ1v) is 28.9. The van der Waals surface area contributed by atoms with Gasteiger partial charge in [0.05, 0.1) is 0 Å². The summed E-state index contributed by atoms with van der Waals surface area (Å²) in [4.78, 5) is 38.1. The maximum atomic E-state index is 12.8. The van der Waals surface area contributed by atoms with Gasteiger partial charge in [0.15, 0.2) is 6.10 Å². The van der Waals surface area contributed by atoms with Crippen molar-refractivity contribution < 1.29 is 28.6 Å². The summed E-state index contributed by atoms with van der Waals surface area (Å²) in [5.41, 5.74) is 0. The minimum Gasteiger partial charge on any atom is -0.462 e.